The molecule has 7 atom stereocenters. The lowest BCUT2D eigenvalue weighted by molar-refractivity contribution is -0.187. The van der Waals surface area contributed by atoms with Crippen molar-refractivity contribution in [1.82, 2.24) is 0 Å². The molecule has 4 aliphatic carbocycles. The normalized spacial score (nSPS) is 37.1. The Bertz CT molecular complexity index is 1330. The summed E-state index contributed by atoms with van der Waals surface area (Å²) in [4.78, 5) is 30.2. The fourth-order valence-electron chi connectivity index (χ4n) is 9.09. The summed E-state index contributed by atoms with van der Waals surface area (Å²) in [5.74, 6) is -9.48. The molecule has 0 amide bonds. The number of Topliss-reactive ketones (excluding diaryl/α,β-unsaturated/α-hetero) is 1. The molecule has 5 rings (SSSR count). The number of hydrogen-bond donors (Lipinski definition) is 0. The van der Waals surface area contributed by atoms with Crippen LogP contribution in [0, 0.1) is 63.6 Å². The van der Waals surface area contributed by atoms with Gasteiger partial charge in [0.2, 0.25) is 5.82 Å². The number of rotatable bonds is 5. The van der Waals surface area contributed by atoms with E-state index in [1.165, 1.54) is 19.4 Å². The van der Waals surface area contributed by atoms with Crippen LogP contribution in [-0.2, 0) is 25.8 Å². The van der Waals surface area contributed by atoms with E-state index in [2.05, 4.69) is 25.9 Å². The lowest BCUT2D eigenvalue weighted by Gasteiger charge is -2.60. The number of benzene rings is 1. The number of carbonyl (C=O) groups excluding carboxylic acids is 2. The molecule has 41 heavy (non-hydrogen) atoms. The lowest BCUT2D eigenvalue weighted by atomic mass is 9.44. The molecule has 0 heterocycles. The minimum atomic E-state index is -2.21. The van der Waals surface area contributed by atoms with Gasteiger partial charge < -0.3 is 9.57 Å². The first kappa shape index (κ1) is 29.7. The Morgan fingerprint density at radius 2 is 1.54 bits per heavy atom. The molecular weight excluding hydrogens is 545 g/mol. The summed E-state index contributed by atoms with van der Waals surface area (Å²) in [6, 6.07) is 0. The monoisotopic (exact) mass is 581 g/mol. The number of carbonyl (C=O) groups is 2. The molecule has 5 nitrogen and oxygen atoms in total. The van der Waals surface area contributed by atoms with Crippen molar-refractivity contribution in [1.29, 1.82) is 0 Å². The van der Waals surface area contributed by atoms with Crippen LogP contribution in [0.15, 0.2) is 16.8 Å². The second-order valence-electron chi connectivity index (χ2n) is 12.9. The fraction of sp³-hybridized carbons (Fsp3) is 0.645. The molecule has 1 aromatic carbocycles. The van der Waals surface area contributed by atoms with E-state index >= 15 is 0 Å². The zero-order valence-electron chi connectivity index (χ0n) is 24.0. The maximum absolute atomic E-state index is 14.0. The van der Waals surface area contributed by atoms with E-state index in [1.807, 2.05) is 6.08 Å². The van der Waals surface area contributed by atoms with Crippen LogP contribution in [0.3, 0.4) is 0 Å². The van der Waals surface area contributed by atoms with Crippen molar-refractivity contribution in [3.05, 3.63) is 46.3 Å². The summed E-state index contributed by atoms with van der Waals surface area (Å²) in [6.07, 6.45) is 7.18. The first-order chi connectivity index (χ1) is 19.2. The standard InChI is InChI=1S/C31H36F5NO4/c1-15-12-19-21(7-10-30(5)22(19)8-11-31(30,16(2)38)41-17(3)39)29(4)9-6-18(13-23(15)29)37-40-14-20-24(32)26(34)28(36)27(35)25(20)33/h13,15,19,21-22H,6-12,14H2,1-5H3/b37-18+. The number of nitrogens with zero attached hydrogens (tertiary/aromatic N) is 1. The van der Waals surface area contributed by atoms with Crippen LogP contribution >= 0.6 is 0 Å². The smallest absolute Gasteiger partial charge is 0.303 e. The van der Waals surface area contributed by atoms with Gasteiger partial charge in [-0.1, -0.05) is 31.5 Å². The number of ether oxygens (including phenoxy) is 1. The molecule has 0 aliphatic heterocycles. The van der Waals surface area contributed by atoms with Crippen molar-refractivity contribution in [3.63, 3.8) is 0 Å². The zero-order chi connectivity index (χ0) is 30.1. The minimum absolute atomic E-state index is 0.0869. The second kappa shape index (κ2) is 10.2. The number of oxime groups is 1. The summed E-state index contributed by atoms with van der Waals surface area (Å²) >= 11 is 0. The molecule has 0 spiro atoms. The number of halogens is 5. The van der Waals surface area contributed by atoms with Crippen molar-refractivity contribution in [2.75, 3.05) is 0 Å². The molecule has 0 aromatic heterocycles. The van der Waals surface area contributed by atoms with Crippen molar-refractivity contribution >= 4 is 17.5 Å². The van der Waals surface area contributed by atoms with Gasteiger partial charge in [0.15, 0.2) is 34.7 Å². The van der Waals surface area contributed by atoms with E-state index < -0.39 is 58.2 Å². The molecule has 224 valence electrons. The SMILES string of the molecule is CC(=O)OC1(C(C)=O)CCC2C3CC(C)C4=C/C(=N/OCc5c(F)c(F)c(F)c(F)c5F)CCC4(C)C3CCC21C. The van der Waals surface area contributed by atoms with Crippen LogP contribution in [0.1, 0.15) is 85.1 Å². The van der Waals surface area contributed by atoms with Crippen molar-refractivity contribution in [2.45, 2.75) is 91.8 Å². The number of esters is 1. The Balaban J connectivity index is 1.38. The van der Waals surface area contributed by atoms with Gasteiger partial charge in [-0.05, 0) is 87.0 Å². The number of fused-ring (bicyclic) bond motifs is 5. The summed E-state index contributed by atoms with van der Waals surface area (Å²) < 4.78 is 74.3. The summed E-state index contributed by atoms with van der Waals surface area (Å²) in [5.41, 5.74) is -0.949. The average molecular weight is 582 g/mol. The van der Waals surface area contributed by atoms with Crippen molar-refractivity contribution in [3.8, 4) is 0 Å². The molecule has 0 bridgehead atoms. The summed E-state index contributed by atoms with van der Waals surface area (Å²) in [7, 11) is 0. The van der Waals surface area contributed by atoms with Gasteiger partial charge in [0.25, 0.3) is 0 Å². The maximum atomic E-state index is 14.0. The van der Waals surface area contributed by atoms with E-state index in [0.717, 1.165) is 32.1 Å². The predicted molar refractivity (Wildman–Crippen MR) is 140 cm³/mol. The maximum Gasteiger partial charge on any atom is 0.303 e. The van der Waals surface area contributed by atoms with E-state index in [9.17, 15) is 31.5 Å². The number of ketones is 1. The van der Waals surface area contributed by atoms with E-state index in [4.69, 9.17) is 9.57 Å². The highest BCUT2D eigenvalue weighted by Gasteiger charge is 2.68. The van der Waals surface area contributed by atoms with Crippen LogP contribution in [0.5, 0.6) is 0 Å². The Kier molecular flexibility index (Phi) is 7.38. The average Bonchev–Trinajstić information content (AvgIpc) is 3.21. The number of allylic oxidation sites excluding steroid dienone is 2. The Morgan fingerprint density at radius 1 is 0.927 bits per heavy atom. The highest BCUT2D eigenvalue weighted by Crippen LogP contribution is 2.69. The second-order valence-corrected chi connectivity index (χ2v) is 12.9. The Labute approximate surface area is 236 Å². The summed E-state index contributed by atoms with van der Waals surface area (Å²) in [5, 5.41) is 4.02. The molecule has 1 aromatic rings. The first-order valence-electron chi connectivity index (χ1n) is 14.3. The van der Waals surface area contributed by atoms with Crippen LogP contribution in [0.25, 0.3) is 0 Å². The van der Waals surface area contributed by atoms with E-state index in [-0.39, 0.29) is 23.0 Å². The van der Waals surface area contributed by atoms with Gasteiger partial charge in [0.1, 0.15) is 6.61 Å². The third-order valence-electron chi connectivity index (χ3n) is 11.0. The van der Waals surface area contributed by atoms with Gasteiger partial charge in [-0.25, -0.2) is 22.0 Å². The molecule has 3 fully saturated rings. The van der Waals surface area contributed by atoms with Crippen LogP contribution in [0.2, 0.25) is 0 Å². The molecule has 0 radical (unpaired) electrons. The molecule has 7 unspecified atom stereocenters. The molecular formula is C31H36F5NO4. The minimum Gasteiger partial charge on any atom is -0.451 e. The van der Waals surface area contributed by atoms with Crippen LogP contribution in [-0.4, -0.2) is 23.1 Å². The van der Waals surface area contributed by atoms with Crippen LogP contribution < -0.4 is 0 Å². The van der Waals surface area contributed by atoms with Gasteiger partial charge in [0.05, 0.1) is 11.3 Å². The highest BCUT2D eigenvalue weighted by atomic mass is 19.2. The molecule has 4 aliphatic rings. The quantitative estimate of drug-likeness (QED) is 0.120. The van der Waals surface area contributed by atoms with E-state index in [0.29, 0.717) is 30.4 Å². The summed E-state index contributed by atoms with van der Waals surface area (Å²) in [6.45, 7) is 8.55. The van der Waals surface area contributed by atoms with Crippen LogP contribution in [0.4, 0.5) is 22.0 Å². The third kappa shape index (κ3) is 4.33. The Morgan fingerprint density at radius 3 is 2.15 bits per heavy atom. The predicted octanol–water partition coefficient (Wildman–Crippen LogP) is 7.35. The first-order valence-corrected chi connectivity index (χ1v) is 14.3. The van der Waals surface area contributed by atoms with Crippen molar-refractivity contribution < 1.29 is 41.1 Å². The lowest BCUT2D eigenvalue weighted by Crippen LogP contribution is -2.59. The van der Waals surface area contributed by atoms with Gasteiger partial charge in [0, 0.05) is 12.3 Å². The Hall–Kier alpha value is -2.78. The highest BCUT2D eigenvalue weighted by molar-refractivity contribution is 5.96. The largest absolute Gasteiger partial charge is 0.451 e. The zero-order valence-corrected chi connectivity index (χ0v) is 24.0. The van der Waals surface area contributed by atoms with Gasteiger partial charge in [-0.2, -0.15) is 0 Å². The third-order valence-corrected chi connectivity index (χ3v) is 11.0. The molecule has 3 saturated carbocycles. The molecule has 0 N–H and O–H groups in total. The van der Waals surface area contributed by atoms with Gasteiger partial charge in [-0.3, -0.25) is 9.59 Å². The fourth-order valence-corrected chi connectivity index (χ4v) is 9.09. The van der Waals surface area contributed by atoms with E-state index in [1.54, 1.807) is 0 Å². The van der Waals surface area contributed by atoms with Gasteiger partial charge >= 0.3 is 5.97 Å². The topological polar surface area (TPSA) is 65.0 Å². The molecule has 10 heteroatoms. The van der Waals surface area contributed by atoms with Crippen molar-refractivity contribution in [2.24, 2.45) is 39.7 Å². The van der Waals surface area contributed by atoms with Gasteiger partial charge in [-0.15, -0.1) is 0 Å². The molecule has 0 saturated heterocycles. The number of hydrogen-bond acceptors (Lipinski definition) is 5.